The van der Waals surface area contributed by atoms with Crippen LogP contribution in [0.25, 0.3) is 0 Å². The van der Waals surface area contributed by atoms with Crippen LogP contribution >= 0.6 is 23.6 Å². The van der Waals surface area contributed by atoms with Gasteiger partial charge in [-0.1, -0.05) is 26.8 Å². The molecule has 172 valence electrons. The molecule has 3 heterocycles. The minimum Gasteiger partial charge on any atom is -0.494 e. The molecule has 3 aromatic rings. The second-order valence-electron chi connectivity index (χ2n) is 9.05. The van der Waals surface area contributed by atoms with Crippen molar-refractivity contribution in [2.75, 3.05) is 17.3 Å². The summed E-state index contributed by atoms with van der Waals surface area (Å²) < 4.78 is 5.64. The third-order valence-electron chi connectivity index (χ3n) is 5.66. The number of hydrogen-bond acceptors (Lipinski definition) is 5. The SMILES string of the molecule is COc1cc(N2C(=S)N[C@H](c3ccccn3)[C@H]2c2sccc2C)ccc1NC(=O)C(C)(C)C. The Bertz CT molecular complexity index is 1170. The van der Waals surface area contributed by atoms with Crippen molar-refractivity contribution in [3.05, 3.63) is 70.2 Å². The molecule has 8 heteroatoms. The maximum atomic E-state index is 12.5. The van der Waals surface area contributed by atoms with Crippen molar-refractivity contribution in [3.63, 3.8) is 0 Å². The zero-order chi connectivity index (χ0) is 23.8. The number of carbonyl (C=O) groups excluding carboxylic acids is 1. The average Bonchev–Trinajstić information content (AvgIpc) is 3.36. The molecule has 6 nitrogen and oxygen atoms in total. The smallest absolute Gasteiger partial charge is 0.229 e. The Morgan fingerprint density at radius 2 is 2.03 bits per heavy atom. The topological polar surface area (TPSA) is 66.5 Å². The van der Waals surface area contributed by atoms with E-state index in [1.165, 1.54) is 10.4 Å². The Hall–Kier alpha value is -2.97. The first-order valence-electron chi connectivity index (χ1n) is 10.7. The fourth-order valence-electron chi connectivity index (χ4n) is 3.83. The van der Waals surface area contributed by atoms with Gasteiger partial charge in [-0.05, 0) is 60.4 Å². The molecule has 1 fully saturated rings. The standard InChI is InChI=1S/C25H28N4O2S2/c1-15-11-13-33-22(15)21-20(18-8-6-7-12-26-18)28-24(32)29(21)16-9-10-17(19(14-16)31-5)27-23(30)25(2,3)4/h6-14,20-21H,1-5H3,(H,27,30)(H,28,32)/t20-,21+/m1/s1. The van der Waals surface area contributed by atoms with Crippen LogP contribution < -0.4 is 20.3 Å². The van der Waals surface area contributed by atoms with Gasteiger partial charge in [0.15, 0.2) is 5.11 Å². The van der Waals surface area contributed by atoms with Crippen molar-refractivity contribution in [1.29, 1.82) is 0 Å². The van der Waals surface area contributed by atoms with E-state index in [2.05, 4.69) is 38.9 Å². The number of carbonyl (C=O) groups is 1. The van der Waals surface area contributed by atoms with Crippen molar-refractivity contribution in [2.45, 2.75) is 39.8 Å². The normalized spacial score (nSPS) is 18.2. The fraction of sp³-hybridized carbons (Fsp3) is 0.320. The van der Waals surface area contributed by atoms with Gasteiger partial charge < -0.3 is 20.3 Å². The van der Waals surface area contributed by atoms with Crippen molar-refractivity contribution >= 4 is 45.9 Å². The molecule has 33 heavy (non-hydrogen) atoms. The van der Waals surface area contributed by atoms with Gasteiger partial charge in [0.1, 0.15) is 5.75 Å². The van der Waals surface area contributed by atoms with Crippen LogP contribution in [0.4, 0.5) is 11.4 Å². The lowest BCUT2D eigenvalue weighted by atomic mass is 9.95. The average molecular weight is 481 g/mol. The Morgan fingerprint density at radius 3 is 2.64 bits per heavy atom. The molecule has 4 rings (SSSR count). The first-order valence-corrected chi connectivity index (χ1v) is 12.0. The third-order valence-corrected chi connectivity index (χ3v) is 7.07. The molecule has 0 bridgehead atoms. The Kier molecular flexibility index (Phi) is 6.41. The highest BCUT2D eigenvalue weighted by atomic mass is 32.1. The number of nitrogens with zero attached hydrogens (tertiary/aromatic N) is 2. The second kappa shape index (κ2) is 9.11. The number of aryl methyl sites for hydroxylation is 1. The number of hydrogen-bond donors (Lipinski definition) is 2. The zero-order valence-corrected chi connectivity index (χ0v) is 21.0. The maximum absolute atomic E-state index is 12.5. The van der Waals surface area contributed by atoms with Gasteiger partial charge in [0, 0.05) is 28.2 Å². The number of thiophene rings is 1. The first kappa shape index (κ1) is 23.2. The highest BCUT2D eigenvalue weighted by Gasteiger charge is 2.42. The summed E-state index contributed by atoms with van der Waals surface area (Å²) in [6.07, 6.45) is 1.80. The van der Waals surface area contributed by atoms with Crippen LogP contribution in [0.5, 0.6) is 5.75 Å². The third kappa shape index (κ3) is 4.58. The molecule has 2 aromatic heterocycles. The molecule has 0 radical (unpaired) electrons. The molecule has 0 saturated carbocycles. The molecule has 1 saturated heterocycles. The minimum absolute atomic E-state index is 0.0628. The number of methoxy groups -OCH3 is 1. The van der Waals surface area contributed by atoms with E-state index < -0.39 is 5.41 Å². The number of ether oxygens (including phenoxy) is 1. The van der Waals surface area contributed by atoms with Gasteiger partial charge in [-0.3, -0.25) is 9.78 Å². The van der Waals surface area contributed by atoms with Crippen LogP contribution in [0.2, 0.25) is 0 Å². The van der Waals surface area contributed by atoms with Crippen LogP contribution in [0.15, 0.2) is 54.0 Å². The molecule has 2 N–H and O–H groups in total. The quantitative estimate of drug-likeness (QED) is 0.462. The minimum atomic E-state index is -0.512. The molecule has 0 aliphatic carbocycles. The van der Waals surface area contributed by atoms with E-state index in [-0.39, 0.29) is 18.0 Å². The van der Waals surface area contributed by atoms with Crippen LogP contribution in [0.1, 0.15) is 49.0 Å². The van der Waals surface area contributed by atoms with Gasteiger partial charge in [0.2, 0.25) is 5.91 Å². The van der Waals surface area contributed by atoms with E-state index >= 15 is 0 Å². The van der Waals surface area contributed by atoms with Gasteiger partial charge in [-0.2, -0.15) is 0 Å². The Balaban J connectivity index is 1.75. The number of pyridine rings is 1. The van der Waals surface area contributed by atoms with Gasteiger partial charge in [-0.15, -0.1) is 11.3 Å². The number of aromatic nitrogens is 1. The van der Waals surface area contributed by atoms with E-state index in [9.17, 15) is 4.79 Å². The van der Waals surface area contributed by atoms with Crippen molar-refractivity contribution in [2.24, 2.45) is 5.41 Å². The predicted molar refractivity (Wildman–Crippen MR) is 138 cm³/mol. The molecule has 1 aliphatic heterocycles. The molecular formula is C25H28N4O2S2. The summed E-state index contributed by atoms with van der Waals surface area (Å²) in [6, 6.07) is 13.6. The predicted octanol–water partition coefficient (Wildman–Crippen LogP) is 5.62. The summed E-state index contributed by atoms with van der Waals surface area (Å²) in [5.41, 5.74) is 3.14. The lowest BCUT2D eigenvalue weighted by Crippen LogP contribution is -2.30. The number of thiocarbonyl (C=S) groups is 1. The van der Waals surface area contributed by atoms with E-state index in [0.29, 0.717) is 16.5 Å². The van der Waals surface area contributed by atoms with E-state index in [4.69, 9.17) is 17.0 Å². The van der Waals surface area contributed by atoms with E-state index in [1.807, 2.05) is 57.2 Å². The van der Waals surface area contributed by atoms with Crippen molar-refractivity contribution < 1.29 is 9.53 Å². The number of anilines is 2. The largest absolute Gasteiger partial charge is 0.494 e. The molecule has 2 atom stereocenters. The molecule has 1 aliphatic rings. The molecule has 1 amide bonds. The zero-order valence-electron chi connectivity index (χ0n) is 19.4. The summed E-state index contributed by atoms with van der Waals surface area (Å²) in [5.74, 6) is 0.505. The summed E-state index contributed by atoms with van der Waals surface area (Å²) >= 11 is 7.52. The summed E-state index contributed by atoms with van der Waals surface area (Å²) in [4.78, 5) is 20.5. The highest BCUT2D eigenvalue weighted by Crippen LogP contribution is 2.45. The number of nitrogens with one attached hydrogen (secondary N) is 2. The van der Waals surface area contributed by atoms with E-state index in [0.717, 1.165) is 11.4 Å². The molecule has 0 unspecified atom stereocenters. The summed E-state index contributed by atoms with van der Waals surface area (Å²) in [6.45, 7) is 7.75. The summed E-state index contributed by atoms with van der Waals surface area (Å²) in [7, 11) is 1.60. The van der Waals surface area contributed by atoms with Crippen molar-refractivity contribution in [3.8, 4) is 5.75 Å². The summed E-state index contributed by atoms with van der Waals surface area (Å²) in [5, 5.41) is 9.18. The maximum Gasteiger partial charge on any atom is 0.229 e. The second-order valence-corrected chi connectivity index (χ2v) is 10.4. The number of amides is 1. The Labute approximate surface area is 204 Å². The van der Waals surface area contributed by atoms with Crippen LogP contribution in [-0.2, 0) is 4.79 Å². The van der Waals surface area contributed by atoms with Gasteiger partial charge in [0.25, 0.3) is 0 Å². The van der Waals surface area contributed by atoms with Gasteiger partial charge in [0.05, 0.1) is 30.6 Å². The monoisotopic (exact) mass is 480 g/mol. The van der Waals surface area contributed by atoms with Crippen molar-refractivity contribution in [1.82, 2.24) is 10.3 Å². The van der Waals surface area contributed by atoms with Crippen LogP contribution in [0.3, 0.4) is 0 Å². The van der Waals surface area contributed by atoms with Gasteiger partial charge in [-0.25, -0.2) is 0 Å². The Morgan fingerprint density at radius 1 is 1.24 bits per heavy atom. The van der Waals surface area contributed by atoms with Gasteiger partial charge >= 0.3 is 0 Å². The fourth-order valence-corrected chi connectivity index (χ4v) is 5.23. The number of rotatable bonds is 5. The molecule has 0 spiro atoms. The first-order chi connectivity index (χ1) is 15.7. The van der Waals surface area contributed by atoms with Crippen LogP contribution in [-0.4, -0.2) is 23.1 Å². The number of benzene rings is 1. The van der Waals surface area contributed by atoms with Crippen LogP contribution in [0, 0.1) is 12.3 Å². The molecule has 1 aromatic carbocycles. The van der Waals surface area contributed by atoms with E-state index in [1.54, 1.807) is 24.6 Å². The molecular weight excluding hydrogens is 452 g/mol. The highest BCUT2D eigenvalue weighted by molar-refractivity contribution is 7.80. The lowest BCUT2D eigenvalue weighted by molar-refractivity contribution is -0.123. The lowest BCUT2D eigenvalue weighted by Gasteiger charge is -2.28.